The van der Waals surface area contributed by atoms with E-state index in [1.807, 2.05) is 0 Å². The van der Waals surface area contributed by atoms with Gasteiger partial charge in [0, 0.05) is 19.4 Å². The highest BCUT2D eigenvalue weighted by Gasteiger charge is 2.39. The molecule has 2 unspecified atom stereocenters. The van der Waals surface area contributed by atoms with Gasteiger partial charge in [-0.25, -0.2) is 4.79 Å². The topological polar surface area (TPSA) is 89.9 Å². The normalized spacial score (nSPS) is 22.2. The van der Waals surface area contributed by atoms with Gasteiger partial charge >= 0.3 is 17.9 Å². The van der Waals surface area contributed by atoms with E-state index in [4.69, 9.17) is 14.6 Å². The molecule has 6 heteroatoms. The number of ether oxygens (including phenoxy) is 2. The SMILES string of the molecule is C=C(C)C(=O)OC(C)(C)OC(=O)C1CCCCC1C(=O)O. The molecule has 0 spiro atoms. The highest BCUT2D eigenvalue weighted by Crippen LogP contribution is 2.32. The summed E-state index contributed by atoms with van der Waals surface area (Å²) in [6.45, 7) is 7.81. The molecule has 1 rings (SSSR count). The Balaban J connectivity index is 2.71. The number of carboxylic acid groups (broad SMARTS) is 1. The lowest BCUT2D eigenvalue weighted by molar-refractivity contribution is -0.219. The second-order valence-electron chi connectivity index (χ2n) is 5.83. The summed E-state index contributed by atoms with van der Waals surface area (Å²) in [5.41, 5.74) is 0.195. The number of hydrogen-bond acceptors (Lipinski definition) is 5. The van der Waals surface area contributed by atoms with E-state index >= 15 is 0 Å². The van der Waals surface area contributed by atoms with Gasteiger partial charge in [-0.3, -0.25) is 9.59 Å². The largest absolute Gasteiger partial charge is 0.481 e. The van der Waals surface area contributed by atoms with Crippen LogP contribution in [0.3, 0.4) is 0 Å². The average Bonchev–Trinajstić information content (AvgIpc) is 2.37. The first-order valence-electron chi connectivity index (χ1n) is 6.98. The fraction of sp³-hybridized carbons (Fsp3) is 0.667. The molecule has 0 amide bonds. The molecule has 1 fully saturated rings. The lowest BCUT2D eigenvalue weighted by atomic mass is 9.79. The first-order chi connectivity index (χ1) is 9.64. The molecule has 0 heterocycles. The minimum atomic E-state index is -1.45. The minimum absolute atomic E-state index is 0.195. The Morgan fingerprint density at radius 2 is 1.62 bits per heavy atom. The minimum Gasteiger partial charge on any atom is -0.481 e. The molecule has 2 atom stereocenters. The van der Waals surface area contributed by atoms with Crippen molar-refractivity contribution in [3.8, 4) is 0 Å². The fourth-order valence-electron chi connectivity index (χ4n) is 2.36. The van der Waals surface area contributed by atoms with E-state index in [0.29, 0.717) is 12.8 Å². The smallest absolute Gasteiger partial charge is 0.336 e. The van der Waals surface area contributed by atoms with Crippen LogP contribution < -0.4 is 0 Å². The number of hydrogen-bond donors (Lipinski definition) is 1. The molecule has 0 bridgehead atoms. The fourth-order valence-corrected chi connectivity index (χ4v) is 2.36. The van der Waals surface area contributed by atoms with Crippen LogP contribution in [-0.2, 0) is 23.9 Å². The maximum atomic E-state index is 12.2. The zero-order valence-electron chi connectivity index (χ0n) is 12.7. The summed E-state index contributed by atoms with van der Waals surface area (Å²) in [4.78, 5) is 34.9. The molecule has 1 N–H and O–H groups in total. The van der Waals surface area contributed by atoms with E-state index in [0.717, 1.165) is 12.8 Å². The van der Waals surface area contributed by atoms with Crippen molar-refractivity contribution in [3.63, 3.8) is 0 Å². The zero-order valence-corrected chi connectivity index (χ0v) is 12.7. The summed E-state index contributed by atoms with van der Waals surface area (Å²) >= 11 is 0. The molecule has 0 aromatic rings. The molecule has 21 heavy (non-hydrogen) atoms. The number of carboxylic acids is 1. The summed E-state index contributed by atoms with van der Waals surface area (Å²) < 4.78 is 10.2. The summed E-state index contributed by atoms with van der Waals surface area (Å²) in [7, 11) is 0. The van der Waals surface area contributed by atoms with Crippen LogP contribution in [0.25, 0.3) is 0 Å². The van der Waals surface area contributed by atoms with Gasteiger partial charge in [0.1, 0.15) is 0 Å². The first-order valence-corrected chi connectivity index (χ1v) is 6.98. The maximum absolute atomic E-state index is 12.2. The van der Waals surface area contributed by atoms with Gasteiger partial charge in [-0.1, -0.05) is 19.4 Å². The van der Waals surface area contributed by atoms with Gasteiger partial charge < -0.3 is 14.6 Å². The molecule has 0 radical (unpaired) electrons. The Labute approximate surface area is 124 Å². The van der Waals surface area contributed by atoms with Crippen LogP contribution in [0.4, 0.5) is 0 Å². The van der Waals surface area contributed by atoms with E-state index in [9.17, 15) is 14.4 Å². The molecular formula is C15H22O6. The van der Waals surface area contributed by atoms with Gasteiger partial charge in [-0.2, -0.15) is 0 Å². The van der Waals surface area contributed by atoms with Gasteiger partial charge in [-0.15, -0.1) is 0 Å². The summed E-state index contributed by atoms with van der Waals surface area (Å²) in [6.07, 6.45) is 2.51. The van der Waals surface area contributed by atoms with Crippen LogP contribution >= 0.6 is 0 Å². The number of rotatable bonds is 5. The number of carbonyl (C=O) groups is 3. The third-order valence-corrected chi connectivity index (χ3v) is 3.42. The summed E-state index contributed by atoms with van der Waals surface area (Å²) in [5.74, 6) is -5.17. The van der Waals surface area contributed by atoms with Crippen molar-refractivity contribution in [1.82, 2.24) is 0 Å². The quantitative estimate of drug-likeness (QED) is 0.476. The van der Waals surface area contributed by atoms with Crippen molar-refractivity contribution < 1.29 is 29.0 Å². The van der Waals surface area contributed by atoms with Crippen LogP contribution in [0.15, 0.2) is 12.2 Å². The van der Waals surface area contributed by atoms with E-state index in [2.05, 4.69) is 6.58 Å². The van der Waals surface area contributed by atoms with Crippen molar-refractivity contribution >= 4 is 17.9 Å². The van der Waals surface area contributed by atoms with Gasteiger partial charge in [0.2, 0.25) is 0 Å². The van der Waals surface area contributed by atoms with E-state index in [-0.39, 0.29) is 5.57 Å². The molecular weight excluding hydrogens is 276 g/mol. The predicted octanol–water partition coefficient (Wildman–Crippen LogP) is 2.28. The Kier molecular flexibility index (Phi) is 5.52. The predicted molar refractivity (Wildman–Crippen MR) is 74.2 cm³/mol. The standard InChI is InChI=1S/C15H22O6/c1-9(2)13(18)20-15(3,4)21-14(19)11-8-6-5-7-10(11)12(16)17/h10-11H,1,5-8H2,2-4H3,(H,16,17). The molecule has 1 aliphatic carbocycles. The zero-order chi connectivity index (χ0) is 16.2. The van der Waals surface area contributed by atoms with Crippen molar-refractivity contribution in [1.29, 1.82) is 0 Å². The van der Waals surface area contributed by atoms with E-state index in [1.165, 1.54) is 20.8 Å². The Morgan fingerprint density at radius 1 is 1.10 bits per heavy atom. The summed E-state index contributed by atoms with van der Waals surface area (Å²) in [5, 5.41) is 9.17. The van der Waals surface area contributed by atoms with Crippen molar-refractivity contribution in [3.05, 3.63) is 12.2 Å². The van der Waals surface area contributed by atoms with Crippen LogP contribution in [0.2, 0.25) is 0 Å². The molecule has 1 aliphatic rings. The third kappa shape index (κ3) is 4.88. The molecule has 0 saturated heterocycles. The van der Waals surface area contributed by atoms with E-state index in [1.54, 1.807) is 0 Å². The van der Waals surface area contributed by atoms with Crippen molar-refractivity contribution in [2.75, 3.05) is 0 Å². The monoisotopic (exact) mass is 298 g/mol. The van der Waals surface area contributed by atoms with Crippen LogP contribution in [0.1, 0.15) is 46.5 Å². The van der Waals surface area contributed by atoms with Gasteiger partial charge in [0.25, 0.3) is 5.79 Å². The maximum Gasteiger partial charge on any atom is 0.336 e. The van der Waals surface area contributed by atoms with Crippen molar-refractivity contribution in [2.45, 2.75) is 52.2 Å². The molecule has 0 aliphatic heterocycles. The van der Waals surface area contributed by atoms with Crippen molar-refractivity contribution in [2.24, 2.45) is 11.8 Å². The second-order valence-corrected chi connectivity index (χ2v) is 5.83. The average molecular weight is 298 g/mol. The highest BCUT2D eigenvalue weighted by atomic mass is 16.7. The molecule has 6 nitrogen and oxygen atoms in total. The lowest BCUT2D eigenvalue weighted by Gasteiger charge is -2.31. The Hall–Kier alpha value is -1.85. The molecule has 1 saturated carbocycles. The van der Waals surface area contributed by atoms with Crippen LogP contribution in [0, 0.1) is 11.8 Å². The highest BCUT2D eigenvalue weighted by molar-refractivity contribution is 5.87. The van der Waals surface area contributed by atoms with Crippen LogP contribution in [-0.4, -0.2) is 28.8 Å². The first kappa shape index (κ1) is 17.2. The Morgan fingerprint density at radius 3 is 2.10 bits per heavy atom. The van der Waals surface area contributed by atoms with E-state index < -0.39 is 35.5 Å². The molecule has 118 valence electrons. The second kappa shape index (κ2) is 6.74. The summed E-state index contributed by atoms with van der Waals surface area (Å²) in [6, 6.07) is 0. The third-order valence-electron chi connectivity index (χ3n) is 3.42. The lowest BCUT2D eigenvalue weighted by Crippen LogP contribution is -2.40. The molecule has 0 aromatic heterocycles. The number of carbonyl (C=O) groups excluding carboxylic acids is 2. The van der Waals surface area contributed by atoms with Gasteiger partial charge in [0.15, 0.2) is 0 Å². The van der Waals surface area contributed by atoms with Gasteiger partial charge in [0.05, 0.1) is 11.8 Å². The number of esters is 2. The van der Waals surface area contributed by atoms with Crippen LogP contribution in [0.5, 0.6) is 0 Å². The van der Waals surface area contributed by atoms with Gasteiger partial charge in [-0.05, 0) is 19.8 Å². The molecule has 0 aromatic carbocycles. The Bertz CT molecular complexity index is 451. The number of aliphatic carboxylic acids is 1.